The van der Waals surface area contributed by atoms with Gasteiger partial charge in [0.15, 0.2) is 0 Å². The molecule has 0 saturated carbocycles. The van der Waals surface area contributed by atoms with Gasteiger partial charge in [-0.3, -0.25) is 4.68 Å². The third kappa shape index (κ3) is 5.30. The van der Waals surface area contributed by atoms with E-state index in [0.29, 0.717) is 0 Å². The molecular formula is C24H30N2O. The van der Waals surface area contributed by atoms with Gasteiger partial charge in [0.25, 0.3) is 0 Å². The van der Waals surface area contributed by atoms with E-state index in [1.165, 1.54) is 35.2 Å². The van der Waals surface area contributed by atoms with Gasteiger partial charge in [-0.05, 0) is 62.3 Å². The smallest absolute Gasteiger partial charge is 0.103 e. The monoisotopic (exact) mass is 362 g/mol. The molecule has 0 aliphatic heterocycles. The highest BCUT2D eigenvalue weighted by molar-refractivity contribution is 5.63. The van der Waals surface area contributed by atoms with Crippen LogP contribution in [0.2, 0.25) is 0 Å². The minimum Gasteiger partial charge on any atom is -0.384 e. The van der Waals surface area contributed by atoms with E-state index >= 15 is 0 Å². The fraction of sp³-hybridized carbons (Fsp3) is 0.375. The Bertz CT molecular complexity index is 860. The summed E-state index contributed by atoms with van der Waals surface area (Å²) in [5.74, 6) is 0. The second-order valence-electron chi connectivity index (χ2n) is 7.83. The van der Waals surface area contributed by atoms with E-state index in [4.69, 9.17) is 0 Å². The zero-order valence-corrected chi connectivity index (χ0v) is 16.7. The Morgan fingerprint density at radius 3 is 2.26 bits per heavy atom. The minimum atomic E-state index is -0.875. The number of unbranched alkanes of at least 4 members (excludes halogenated alkanes) is 2. The molecule has 3 rings (SSSR count). The molecule has 3 aromatic rings. The Balaban J connectivity index is 1.48. The lowest BCUT2D eigenvalue weighted by Gasteiger charge is -2.12. The van der Waals surface area contributed by atoms with Crippen molar-refractivity contribution < 1.29 is 5.11 Å². The highest BCUT2D eigenvalue weighted by atomic mass is 16.3. The lowest BCUT2D eigenvalue weighted by Crippen LogP contribution is -2.16. The maximum atomic E-state index is 10.1. The standard InChI is InChI=1S/C24H30N2O/c1-24(2,27)23-18-22(26(3)25-23)16-9-4-6-11-19-12-10-15-21(17-19)20-13-7-5-8-14-20/h5,7-8,10,12-15,17-18,27H,4,6,9,11,16H2,1-3H3. The van der Waals surface area contributed by atoms with Crippen LogP contribution >= 0.6 is 0 Å². The molecule has 1 heterocycles. The summed E-state index contributed by atoms with van der Waals surface area (Å²) < 4.78 is 1.90. The summed E-state index contributed by atoms with van der Waals surface area (Å²) in [5.41, 5.74) is 5.04. The molecule has 0 aliphatic carbocycles. The molecule has 0 unspecified atom stereocenters. The van der Waals surface area contributed by atoms with Crippen LogP contribution in [0, 0.1) is 0 Å². The van der Waals surface area contributed by atoms with Crippen molar-refractivity contribution in [3.63, 3.8) is 0 Å². The first kappa shape index (κ1) is 19.4. The number of aryl methyl sites for hydroxylation is 3. The van der Waals surface area contributed by atoms with E-state index in [0.717, 1.165) is 25.0 Å². The number of aromatic nitrogens is 2. The Labute approximate surface area is 162 Å². The van der Waals surface area contributed by atoms with Crippen molar-refractivity contribution in [1.82, 2.24) is 9.78 Å². The fourth-order valence-corrected chi connectivity index (χ4v) is 3.39. The summed E-state index contributed by atoms with van der Waals surface area (Å²) in [5, 5.41) is 14.5. The van der Waals surface area contributed by atoms with Crippen molar-refractivity contribution in [3.8, 4) is 11.1 Å². The maximum absolute atomic E-state index is 10.1. The van der Waals surface area contributed by atoms with Gasteiger partial charge >= 0.3 is 0 Å². The summed E-state index contributed by atoms with van der Waals surface area (Å²) in [6, 6.07) is 21.5. The van der Waals surface area contributed by atoms with Crippen LogP contribution in [-0.4, -0.2) is 14.9 Å². The van der Waals surface area contributed by atoms with Crippen LogP contribution < -0.4 is 0 Å². The Kier molecular flexibility index (Phi) is 6.12. The molecule has 0 bridgehead atoms. The predicted octanol–water partition coefficient (Wildman–Crippen LogP) is 5.27. The highest BCUT2D eigenvalue weighted by Crippen LogP contribution is 2.22. The highest BCUT2D eigenvalue weighted by Gasteiger charge is 2.20. The third-order valence-electron chi connectivity index (χ3n) is 5.04. The molecule has 2 aromatic carbocycles. The topological polar surface area (TPSA) is 38.0 Å². The summed E-state index contributed by atoms with van der Waals surface area (Å²) in [7, 11) is 1.96. The summed E-state index contributed by atoms with van der Waals surface area (Å²) in [6.45, 7) is 3.56. The van der Waals surface area contributed by atoms with Crippen LogP contribution in [0.4, 0.5) is 0 Å². The van der Waals surface area contributed by atoms with Gasteiger partial charge in [-0.2, -0.15) is 5.10 Å². The lowest BCUT2D eigenvalue weighted by atomic mass is 9.99. The van der Waals surface area contributed by atoms with Crippen molar-refractivity contribution in [3.05, 3.63) is 77.6 Å². The molecule has 1 N–H and O–H groups in total. The molecule has 3 heteroatoms. The van der Waals surface area contributed by atoms with E-state index in [2.05, 4.69) is 59.7 Å². The first-order chi connectivity index (χ1) is 12.9. The third-order valence-corrected chi connectivity index (χ3v) is 5.04. The molecule has 27 heavy (non-hydrogen) atoms. The van der Waals surface area contributed by atoms with Crippen LogP contribution in [0.3, 0.4) is 0 Å². The average Bonchev–Trinajstić information content (AvgIpc) is 3.04. The molecule has 0 aliphatic rings. The van der Waals surface area contributed by atoms with Crippen molar-refractivity contribution in [2.45, 2.75) is 51.6 Å². The second-order valence-corrected chi connectivity index (χ2v) is 7.83. The molecule has 0 fully saturated rings. The van der Waals surface area contributed by atoms with Gasteiger partial charge in [0.2, 0.25) is 0 Å². The quantitative estimate of drug-likeness (QED) is 0.554. The number of hydrogen-bond donors (Lipinski definition) is 1. The van der Waals surface area contributed by atoms with E-state index in [1.54, 1.807) is 13.8 Å². The van der Waals surface area contributed by atoms with Crippen LogP contribution in [0.25, 0.3) is 11.1 Å². The van der Waals surface area contributed by atoms with Gasteiger partial charge in [-0.1, -0.05) is 61.0 Å². The summed E-state index contributed by atoms with van der Waals surface area (Å²) in [6.07, 6.45) is 5.64. The van der Waals surface area contributed by atoms with Gasteiger partial charge in [0.1, 0.15) is 5.60 Å². The predicted molar refractivity (Wildman–Crippen MR) is 112 cm³/mol. The van der Waals surface area contributed by atoms with Crippen molar-refractivity contribution in [2.24, 2.45) is 7.05 Å². The molecule has 0 spiro atoms. The minimum absolute atomic E-state index is 0.748. The zero-order valence-electron chi connectivity index (χ0n) is 16.7. The maximum Gasteiger partial charge on any atom is 0.103 e. The van der Waals surface area contributed by atoms with Gasteiger partial charge in [-0.25, -0.2) is 0 Å². The van der Waals surface area contributed by atoms with E-state index in [9.17, 15) is 5.11 Å². The van der Waals surface area contributed by atoms with Crippen LogP contribution in [0.5, 0.6) is 0 Å². The van der Waals surface area contributed by atoms with Crippen molar-refractivity contribution in [2.75, 3.05) is 0 Å². The average molecular weight is 363 g/mol. The molecule has 1 aromatic heterocycles. The first-order valence-electron chi connectivity index (χ1n) is 9.83. The Morgan fingerprint density at radius 1 is 0.852 bits per heavy atom. The molecule has 0 radical (unpaired) electrons. The first-order valence-corrected chi connectivity index (χ1v) is 9.83. The summed E-state index contributed by atoms with van der Waals surface area (Å²) in [4.78, 5) is 0. The SMILES string of the molecule is Cn1nc(C(C)(C)O)cc1CCCCCc1cccc(-c2ccccc2)c1. The van der Waals surface area contributed by atoms with Crippen LogP contribution in [0.1, 0.15) is 50.1 Å². The van der Waals surface area contributed by atoms with Crippen molar-refractivity contribution in [1.29, 1.82) is 0 Å². The number of hydrogen-bond acceptors (Lipinski definition) is 2. The second kappa shape index (κ2) is 8.53. The Hall–Kier alpha value is -2.39. The van der Waals surface area contributed by atoms with E-state index in [-0.39, 0.29) is 0 Å². The molecule has 0 amide bonds. The van der Waals surface area contributed by atoms with Gasteiger partial charge < -0.3 is 5.11 Å². The van der Waals surface area contributed by atoms with Gasteiger partial charge in [-0.15, -0.1) is 0 Å². The van der Waals surface area contributed by atoms with Crippen molar-refractivity contribution >= 4 is 0 Å². The zero-order chi connectivity index (χ0) is 19.3. The molecule has 142 valence electrons. The van der Waals surface area contributed by atoms with E-state index < -0.39 is 5.60 Å². The largest absolute Gasteiger partial charge is 0.384 e. The van der Waals surface area contributed by atoms with Gasteiger partial charge in [0, 0.05) is 12.7 Å². The number of benzene rings is 2. The molecule has 0 atom stereocenters. The van der Waals surface area contributed by atoms with Gasteiger partial charge in [0.05, 0.1) is 5.69 Å². The molecule has 0 saturated heterocycles. The fourth-order valence-electron chi connectivity index (χ4n) is 3.39. The lowest BCUT2D eigenvalue weighted by molar-refractivity contribution is 0.0732. The Morgan fingerprint density at radius 2 is 1.56 bits per heavy atom. The number of rotatable bonds is 8. The molecule has 3 nitrogen and oxygen atoms in total. The number of nitrogens with zero attached hydrogens (tertiary/aromatic N) is 2. The number of aliphatic hydroxyl groups is 1. The summed E-state index contributed by atoms with van der Waals surface area (Å²) >= 11 is 0. The van der Waals surface area contributed by atoms with Crippen LogP contribution in [-0.2, 0) is 25.5 Å². The van der Waals surface area contributed by atoms with Crippen LogP contribution in [0.15, 0.2) is 60.7 Å². The molecular weight excluding hydrogens is 332 g/mol. The normalized spacial score (nSPS) is 11.7. The van der Waals surface area contributed by atoms with E-state index in [1.807, 2.05) is 17.8 Å².